The summed E-state index contributed by atoms with van der Waals surface area (Å²) in [6, 6.07) is 9.08. The van der Waals surface area contributed by atoms with Crippen LogP contribution in [-0.4, -0.2) is 86.7 Å². The van der Waals surface area contributed by atoms with Crippen molar-refractivity contribution in [2.75, 3.05) is 35.4 Å². The fourth-order valence-corrected chi connectivity index (χ4v) is 6.94. The molecule has 1 saturated carbocycles. The first-order valence-corrected chi connectivity index (χ1v) is 20.1. The van der Waals surface area contributed by atoms with Crippen molar-refractivity contribution in [3.8, 4) is 5.75 Å². The first-order chi connectivity index (χ1) is 26.4. The van der Waals surface area contributed by atoms with Crippen LogP contribution in [0, 0.1) is 11.7 Å². The van der Waals surface area contributed by atoms with Gasteiger partial charge in [0.1, 0.15) is 48.0 Å². The van der Waals surface area contributed by atoms with Crippen molar-refractivity contribution in [2.45, 2.75) is 111 Å². The monoisotopic (exact) mass is 818 g/mol. The Hall–Kier alpha value is -5.06. The van der Waals surface area contributed by atoms with Crippen molar-refractivity contribution in [1.29, 1.82) is 0 Å². The van der Waals surface area contributed by atoms with Gasteiger partial charge in [0, 0.05) is 31.1 Å². The maximum Gasteiger partial charge on any atom is 0.422 e. The van der Waals surface area contributed by atoms with E-state index in [2.05, 4.69) is 6.58 Å². The summed E-state index contributed by atoms with van der Waals surface area (Å²) < 4.78 is 75.6. The molecule has 2 aromatic carbocycles. The van der Waals surface area contributed by atoms with Gasteiger partial charge < -0.3 is 28.6 Å². The molecular weight excluding hydrogens is 764 g/mol. The van der Waals surface area contributed by atoms with Crippen LogP contribution in [0.3, 0.4) is 0 Å². The highest BCUT2D eigenvalue weighted by atomic mass is 32.2. The molecule has 0 aromatic heterocycles. The Morgan fingerprint density at radius 3 is 2.11 bits per heavy atom. The molecule has 1 aliphatic heterocycles. The third-order valence-corrected chi connectivity index (χ3v) is 9.53. The molecule has 0 radical (unpaired) electrons. The summed E-state index contributed by atoms with van der Waals surface area (Å²) >= 11 is 0. The van der Waals surface area contributed by atoms with Crippen LogP contribution in [0.1, 0.15) is 86.3 Å². The molecule has 1 fully saturated rings. The molecule has 0 spiro atoms. The van der Waals surface area contributed by atoms with E-state index in [0.29, 0.717) is 16.4 Å². The lowest BCUT2D eigenvalue weighted by Crippen LogP contribution is -2.49. The molecule has 314 valence electrons. The zero-order valence-corrected chi connectivity index (χ0v) is 35.0. The molecule has 4 rings (SSSR count). The largest absolute Gasteiger partial charge is 0.487 e. The Balaban J connectivity index is 1.93. The van der Waals surface area contributed by atoms with Gasteiger partial charge in [-0.15, -0.1) is 0 Å². The van der Waals surface area contributed by atoms with Crippen LogP contribution >= 0.6 is 0 Å². The molecule has 3 amide bonds. The second-order valence-corrected chi connectivity index (χ2v) is 18.5. The lowest BCUT2D eigenvalue weighted by Gasteiger charge is -2.33. The van der Waals surface area contributed by atoms with Gasteiger partial charge in [-0.1, -0.05) is 43.0 Å². The average Bonchev–Trinajstić information content (AvgIpc) is 3.81. The number of benzene rings is 2. The predicted octanol–water partition coefficient (Wildman–Crippen LogP) is 7.02. The Bertz CT molecular complexity index is 1920. The first-order valence-electron chi connectivity index (χ1n) is 18.7. The van der Waals surface area contributed by atoms with Gasteiger partial charge in [-0.2, -0.15) is 8.42 Å². The van der Waals surface area contributed by atoms with Crippen LogP contribution in [-0.2, 0) is 47.0 Å². The Kier molecular flexibility index (Phi) is 13.8. The Morgan fingerprint density at radius 2 is 1.54 bits per heavy atom. The summed E-state index contributed by atoms with van der Waals surface area (Å²) in [4.78, 5) is 56.3. The molecule has 2 aliphatic rings. The maximum absolute atomic E-state index is 17.6. The third-order valence-electron chi connectivity index (χ3n) is 8.21. The minimum absolute atomic E-state index is 0.0120. The highest BCUT2D eigenvalue weighted by Gasteiger charge is 2.44. The molecule has 57 heavy (non-hydrogen) atoms. The fraction of sp³-hybridized carbons (Fsp3) is 0.550. The molecular formula is C40H55FN4O11S. The van der Waals surface area contributed by atoms with Crippen LogP contribution in [0.4, 0.5) is 30.1 Å². The summed E-state index contributed by atoms with van der Waals surface area (Å²) in [5.41, 5.74) is -3.17. The summed E-state index contributed by atoms with van der Waals surface area (Å²) in [6.07, 6.45) is -0.104. The van der Waals surface area contributed by atoms with Gasteiger partial charge in [-0.05, 0) is 86.6 Å². The van der Waals surface area contributed by atoms with Crippen LogP contribution < -0.4 is 18.7 Å². The number of nitrogens with one attached hydrogen (secondary N) is 1. The molecule has 1 N–H and O–H groups in total. The van der Waals surface area contributed by atoms with Gasteiger partial charge in [0.25, 0.3) is 0 Å². The van der Waals surface area contributed by atoms with Crippen LogP contribution in [0.15, 0.2) is 49.1 Å². The minimum Gasteiger partial charge on any atom is -0.487 e. The number of anilines is 2. The third kappa shape index (κ3) is 13.0. The van der Waals surface area contributed by atoms with E-state index in [1.54, 1.807) is 97.4 Å². The standard InChI is InChI=1S/C40H55FN4O11S/c1-11-19-52-35(47)42-57(50,51)44(24-32(46)54-38(2,3)4)34-31(53-25-27-15-13-12-14-16-27)21-30-29(33(34)41)20-28(45(30)37(49)56-40(8,9)10)23-43(22-26-17-18-26)36(48)55-39(5,6)7/h11-16,21,26,28H,1,17-20,22-25H2,2-10H3,(H,42,47)/t28-/m1/s1. The zero-order valence-electron chi connectivity index (χ0n) is 34.2. The normalized spacial score (nSPS) is 15.5. The quantitative estimate of drug-likeness (QED) is 0.118. The number of ether oxygens (including phenoxy) is 5. The minimum atomic E-state index is -5.14. The topological polar surface area (TPSA) is 170 Å². The average molecular weight is 819 g/mol. The molecule has 1 heterocycles. The predicted molar refractivity (Wildman–Crippen MR) is 211 cm³/mol. The van der Waals surface area contributed by atoms with Crippen LogP contribution in [0.2, 0.25) is 0 Å². The molecule has 0 unspecified atom stereocenters. The van der Waals surface area contributed by atoms with E-state index in [-0.39, 0.29) is 43.3 Å². The van der Waals surface area contributed by atoms with Crippen molar-refractivity contribution < 1.29 is 55.7 Å². The molecule has 15 nitrogen and oxygen atoms in total. The lowest BCUT2D eigenvalue weighted by molar-refractivity contribution is -0.152. The number of hydrogen-bond donors (Lipinski definition) is 1. The molecule has 1 aliphatic carbocycles. The number of rotatable bonds is 14. The summed E-state index contributed by atoms with van der Waals surface area (Å²) in [7, 11) is -5.14. The number of carbonyl (C=O) groups is 4. The number of carbonyl (C=O) groups excluding carboxylic acids is 4. The summed E-state index contributed by atoms with van der Waals surface area (Å²) in [6.45, 7) is 16.9. The van der Waals surface area contributed by atoms with E-state index in [4.69, 9.17) is 23.7 Å². The lowest BCUT2D eigenvalue weighted by atomic mass is 10.1. The molecule has 1 atom stereocenters. The van der Waals surface area contributed by atoms with Crippen molar-refractivity contribution in [1.82, 2.24) is 9.62 Å². The van der Waals surface area contributed by atoms with Gasteiger partial charge in [0.15, 0.2) is 5.82 Å². The van der Waals surface area contributed by atoms with Gasteiger partial charge >= 0.3 is 34.5 Å². The second-order valence-electron chi connectivity index (χ2n) is 16.9. The number of halogens is 1. The van der Waals surface area contributed by atoms with E-state index in [1.165, 1.54) is 21.9 Å². The van der Waals surface area contributed by atoms with Crippen molar-refractivity contribution in [3.63, 3.8) is 0 Å². The van der Waals surface area contributed by atoms with Crippen LogP contribution in [0.25, 0.3) is 0 Å². The number of hydrogen-bond acceptors (Lipinski definition) is 11. The van der Waals surface area contributed by atoms with E-state index in [0.717, 1.165) is 12.8 Å². The van der Waals surface area contributed by atoms with E-state index < -0.39 is 81.1 Å². The maximum atomic E-state index is 17.6. The van der Waals surface area contributed by atoms with E-state index in [1.807, 2.05) is 0 Å². The molecule has 0 bridgehead atoms. The Labute approximate surface area is 334 Å². The fourth-order valence-electron chi connectivity index (χ4n) is 5.87. The van der Waals surface area contributed by atoms with Gasteiger partial charge in [-0.3, -0.25) is 9.69 Å². The smallest absolute Gasteiger partial charge is 0.422 e. The number of esters is 1. The number of fused-ring (bicyclic) bond motifs is 1. The second kappa shape index (κ2) is 17.6. The van der Waals surface area contributed by atoms with Gasteiger partial charge in [-0.25, -0.2) is 27.8 Å². The molecule has 17 heteroatoms. The molecule has 0 saturated heterocycles. The summed E-state index contributed by atoms with van der Waals surface area (Å²) in [5, 5.41) is 0. The van der Waals surface area contributed by atoms with Crippen molar-refractivity contribution in [3.05, 3.63) is 66.0 Å². The summed E-state index contributed by atoms with van der Waals surface area (Å²) in [5.74, 6) is -2.44. The van der Waals surface area contributed by atoms with E-state index >= 15 is 4.39 Å². The van der Waals surface area contributed by atoms with Crippen LogP contribution in [0.5, 0.6) is 5.75 Å². The van der Waals surface area contributed by atoms with Gasteiger partial charge in [0.05, 0.1) is 11.7 Å². The highest BCUT2D eigenvalue weighted by Crippen LogP contribution is 2.46. The van der Waals surface area contributed by atoms with Crippen molar-refractivity contribution >= 4 is 45.8 Å². The first kappa shape index (κ1) is 44.7. The van der Waals surface area contributed by atoms with E-state index in [9.17, 15) is 27.6 Å². The Morgan fingerprint density at radius 1 is 0.930 bits per heavy atom. The highest BCUT2D eigenvalue weighted by molar-refractivity contribution is 7.91. The van der Waals surface area contributed by atoms with Crippen molar-refractivity contribution in [2.24, 2.45) is 5.92 Å². The SMILES string of the molecule is C=CCOC(=O)NS(=O)(=O)N(CC(=O)OC(C)(C)C)c1c(OCc2ccccc2)cc2c(c1F)C[C@H](CN(CC1CC1)C(=O)OC(C)(C)C)N2C(=O)OC(C)(C)C. The number of nitrogens with zero attached hydrogens (tertiary/aromatic N) is 3. The number of amides is 3. The zero-order chi connectivity index (χ0) is 42.5. The van der Waals surface area contributed by atoms with Gasteiger partial charge in [0.2, 0.25) is 0 Å². The molecule has 2 aromatic rings.